The molecule has 78 valence electrons. The van der Waals surface area contributed by atoms with Crippen molar-refractivity contribution in [3.8, 4) is 0 Å². The molecule has 0 heterocycles. The minimum atomic E-state index is -0.576. The van der Waals surface area contributed by atoms with Gasteiger partial charge in [-0.2, -0.15) is 4.99 Å². The summed E-state index contributed by atoms with van der Waals surface area (Å²) in [5, 5.41) is 10.7. The van der Waals surface area contributed by atoms with E-state index < -0.39 is 4.92 Å². The number of nitrogens with zero attached hydrogens (tertiary/aromatic N) is 2. The summed E-state index contributed by atoms with van der Waals surface area (Å²) < 4.78 is 0.622. The van der Waals surface area contributed by atoms with Gasteiger partial charge in [0.15, 0.2) is 5.69 Å². The molecule has 0 spiro atoms. The summed E-state index contributed by atoms with van der Waals surface area (Å²) in [5.74, 6) is 0. The Morgan fingerprint density at radius 3 is 2.53 bits per heavy atom. The summed E-state index contributed by atoms with van der Waals surface area (Å²) in [6, 6.07) is 1.33. The van der Waals surface area contributed by atoms with Crippen molar-refractivity contribution in [2.45, 2.75) is 13.8 Å². The summed E-state index contributed by atoms with van der Waals surface area (Å²) in [7, 11) is 0. The zero-order chi connectivity index (χ0) is 11.6. The molecule has 5 nitrogen and oxygen atoms in total. The zero-order valence-electron chi connectivity index (χ0n) is 8.07. The van der Waals surface area contributed by atoms with Crippen LogP contribution in [0.25, 0.3) is 0 Å². The van der Waals surface area contributed by atoms with E-state index in [9.17, 15) is 14.9 Å². The standard InChI is InChI=1S/C9H7BrN2O3/c1-5-6(2)9(11-4-13)8(12(14)15)3-7(5)10/h3H,1-2H3. The Hall–Kier alpha value is -1.52. The van der Waals surface area contributed by atoms with E-state index >= 15 is 0 Å². The minimum absolute atomic E-state index is 0.0655. The highest BCUT2D eigenvalue weighted by atomic mass is 79.9. The van der Waals surface area contributed by atoms with Crippen LogP contribution in [0.3, 0.4) is 0 Å². The van der Waals surface area contributed by atoms with E-state index in [0.29, 0.717) is 10.0 Å². The van der Waals surface area contributed by atoms with Crippen molar-refractivity contribution in [2.24, 2.45) is 4.99 Å². The highest BCUT2D eigenvalue weighted by Gasteiger charge is 2.19. The van der Waals surface area contributed by atoms with E-state index in [1.807, 2.05) is 0 Å². The third kappa shape index (κ3) is 2.11. The summed E-state index contributed by atoms with van der Waals surface area (Å²) in [5.41, 5.74) is 1.28. The maximum atomic E-state index is 10.7. The number of hydrogen-bond acceptors (Lipinski definition) is 4. The fraction of sp³-hybridized carbons (Fsp3) is 0.222. The second-order valence-electron chi connectivity index (χ2n) is 2.94. The average Bonchev–Trinajstić information content (AvgIpc) is 2.18. The molecular formula is C9H7BrN2O3. The van der Waals surface area contributed by atoms with Crippen LogP contribution in [0.1, 0.15) is 11.1 Å². The second-order valence-corrected chi connectivity index (χ2v) is 3.79. The number of carbonyl (C=O) groups excluding carboxylic acids is 1. The molecule has 0 saturated carbocycles. The quantitative estimate of drug-likeness (QED) is 0.359. The molecule has 0 bridgehead atoms. The van der Waals surface area contributed by atoms with Crippen LogP contribution in [0.5, 0.6) is 0 Å². The van der Waals surface area contributed by atoms with Gasteiger partial charge in [-0.25, -0.2) is 4.79 Å². The number of aliphatic imine (C=N–C) groups is 1. The molecule has 0 unspecified atom stereocenters. The third-order valence-electron chi connectivity index (χ3n) is 2.14. The smallest absolute Gasteiger partial charge is 0.258 e. The molecule has 0 aliphatic carbocycles. The van der Waals surface area contributed by atoms with Crippen LogP contribution in [0.2, 0.25) is 0 Å². The van der Waals surface area contributed by atoms with Crippen LogP contribution < -0.4 is 0 Å². The van der Waals surface area contributed by atoms with Gasteiger partial charge in [0.05, 0.1) is 4.92 Å². The molecule has 0 amide bonds. The maximum Gasteiger partial charge on any atom is 0.297 e. The van der Waals surface area contributed by atoms with E-state index in [0.717, 1.165) is 5.56 Å². The lowest BCUT2D eigenvalue weighted by molar-refractivity contribution is -0.384. The first-order valence-corrected chi connectivity index (χ1v) is 4.80. The molecule has 1 aromatic rings. The molecule has 0 fully saturated rings. The molecule has 0 radical (unpaired) electrons. The van der Waals surface area contributed by atoms with Crippen LogP contribution in [0.15, 0.2) is 15.5 Å². The lowest BCUT2D eigenvalue weighted by atomic mass is 10.1. The Morgan fingerprint density at radius 1 is 1.47 bits per heavy atom. The molecule has 0 aliphatic heterocycles. The largest absolute Gasteiger partial charge is 0.297 e. The number of benzene rings is 1. The molecule has 1 rings (SSSR count). The molecule has 6 heteroatoms. The number of hydrogen-bond donors (Lipinski definition) is 0. The third-order valence-corrected chi connectivity index (χ3v) is 2.96. The number of nitro groups is 1. The van der Waals surface area contributed by atoms with Gasteiger partial charge in [0.2, 0.25) is 6.08 Å². The summed E-state index contributed by atoms with van der Waals surface area (Å²) in [6.07, 6.45) is 1.32. The van der Waals surface area contributed by atoms with Gasteiger partial charge in [-0.1, -0.05) is 15.9 Å². The van der Waals surface area contributed by atoms with Crippen LogP contribution in [0, 0.1) is 24.0 Å². The fourth-order valence-electron chi connectivity index (χ4n) is 1.17. The monoisotopic (exact) mass is 270 g/mol. The van der Waals surface area contributed by atoms with Crippen LogP contribution >= 0.6 is 15.9 Å². The van der Waals surface area contributed by atoms with Gasteiger partial charge >= 0.3 is 0 Å². The van der Waals surface area contributed by atoms with Gasteiger partial charge in [-0.15, -0.1) is 0 Å². The van der Waals surface area contributed by atoms with Crippen LogP contribution in [-0.4, -0.2) is 11.0 Å². The van der Waals surface area contributed by atoms with Crippen molar-refractivity contribution in [3.63, 3.8) is 0 Å². The Morgan fingerprint density at radius 2 is 2.07 bits per heavy atom. The van der Waals surface area contributed by atoms with Gasteiger partial charge in [0, 0.05) is 10.5 Å². The van der Waals surface area contributed by atoms with E-state index in [1.165, 1.54) is 12.1 Å². The molecular weight excluding hydrogens is 264 g/mol. The number of isocyanates is 1. The first kappa shape index (κ1) is 11.6. The van der Waals surface area contributed by atoms with Gasteiger partial charge in [0.1, 0.15) is 0 Å². The van der Waals surface area contributed by atoms with Gasteiger partial charge in [-0.3, -0.25) is 10.1 Å². The van der Waals surface area contributed by atoms with Crippen molar-refractivity contribution in [3.05, 3.63) is 31.8 Å². The Labute approximate surface area is 94.1 Å². The van der Waals surface area contributed by atoms with Gasteiger partial charge < -0.3 is 0 Å². The van der Waals surface area contributed by atoms with Crippen molar-refractivity contribution < 1.29 is 9.72 Å². The average molecular weight is 271 g/mol. The van der Waals surface area contributed by atoms with E-state index in [-0.39, 0.29) is 11.4 Å². The molecule has 0 saturated heterocycles. The Bertz CT molecular complexity index is 479. The topological polar surface area (TPSA) is 72.6 Å². The summed E-state index contributed by atoms with van der Waals surface area (Å²) in [4.78, 5) is 23.7. The van der Waals surface area contributed by atoms with Crippen molar-refractivity contribution in [2.75, 3.05) is 0 Å². The zero-order valence-corrected chi connectivity index (χ0v) is 9.66. The fourth-order valence-corrected chi connectivity index (χ4v) is 1.69. The number of halogens is 1. The van der Waals surface area contributed by atoms with Crippen molar-refractivity contribution in [1.82, 2.24) is 0 Å². The highest BCUT2D eigenvalue weighted by Crippen LogP contribution is 2.36. The van der Waals surface area contributed by atoms with Crippen molar-refractivity contribution >= 4 is 33.4 Å². The normalized spacial score (nSPS) is 9.53. The van der Waals surface area contributed by atoms with E-state index in [2.05, 4.69) is 20.9 Å². The summed E-state index contributed by atoms with van der Waals surface area (Å²) in [6.45, 7) is 3.45. The maximum absolute atomic E-state index is 10.7. The number of rotatable bonds is 2. The second kappa shape index (κ2) is 4.33. The minimum Gasteiger partial charge on any atom is -0.258 e. The van der Waals surface area contributed by atoms with Gasteiger partial charge in [-0.05, 0) is 25.0 Å². The first-order valence-electron chi connectivity index (χ1n) is 4.01. The molecule has 1 aromatic carbocycles. The van der Waals surface area contributed by atoms with Crippen molar-refractivity contribution in [1.29, 1.82) is 0 Å². The molecule has 0 aromatic heterocycles. The summed E-state index contributed by atoms with van der Waals surface area (Å²) >= 11 is 3.21. The predicted octanol–water partition coefficient (Wildman–Crippen LogP) is 2.94. The van der Waals surface area contributed by atoms with Crippen LogP contribution in [0.4, 0.5) is 11.4 Å². The molecule has 15 heavy (non-hydrogen) atoms. The first-order chi connectivity index (χ1) is 6.99. The van der Waals surface area contributed by atoms with Crippen LogP contribution in [-0.2, 0) is 4.79 Å². The molecule has 0 atom stereocenters. The van der Waals surface area contributed by atoms with E-state index in [4.69, 9.17) is 0 Å². The Balaban J connectivity index is 3.64. The lowest BCUT2D eigenvalue weighted by Gasteiger charge is -2.06. The molecule has 0 aliphatic rings. The molecule has 0 N–H and O–H groups in total. The predicted molar refractivity (Wildman–Crippen MR) is 58.1 cm³/mol. The van der Waals surface area contributed by atoms with Gasteiger partial charge in [0.25, 0.3) is 5.69 Å². The lowest BCUT2D eigenvalue weighted by Crippen LogP contribution is -1.93. The number of nitro benzene ring substituents is 1. The van der Waals surface area contributed by atoms with E-state index in [1.54, 1.807) is 13.8 Å². The Kier molecular flexibility index (Phi) is 3.34. The SMILES string of the molecule is Cc1c(Br)cc([N+](=O)[O-])c(N=C=O)c1C. The highest BCUT2D eigenvalue weighted by molar-refractivity contribution is 9.10.